The zero-order valence-corrected chi connectivity index (χ0v) is 7.20. The molecule has 4 nitrogen and oxygen atoms in total. The molecule has 0 radical (unpaired) electrons. The summed E-state index contributed by atoms with van der Waals surface area (Å²) in [4.78, 5) is 21.1. The summed E-state index contributed by atoms with van der Waals surface area (Å²) in [5.41, 5.74) is 0. The van der Waals surface area contributed by atoms with Crippen LogP contribution in [0.15, 0.2) is 12.7 Å². The summed E-state index contributed by atoms with van der Waals surface area (Å²) in [6.07, 6.45) is 0.524. The van der Waals surface area contributed by atoms with Gasteiger partial charge in [-0.3, -0.25) is 9.59 Å². The van der Waals surface area contributed by atoms with Gasteiger partial charge in [-0.05, 0) is 6.08 Å². The molecule has 0 spiro atoms. The SMILES string of the molecule is C=CC(OC(C)=O)OC(=O)CC. The van der Waals surface area contributed by atoms with E-state index in [0.717, 1.165) is 0 Å². The van der Waals surface area contributed by atoms with Crippen molar-refractivity contribution >= 4 is 11.9 Å². The van der Waals surface area contributed by atoms with Gasteiger partial charge < -0.3 is 9.47 Å². The third-order valence-electron chi connectivity index (χ3n) is 1.01. The molecule has 0 saturated carbocycles. The number of esters is 2. The van der Waals surface area contributed by atoms with Crippen LogP contribution in [0.5, 0.6) is 0 Å². The predicted octanol–water partition coefficient (Wildman–Crippen LogP) is 1.01. The van der Waals surface area contributed by atoms with Crippen LogP contribution in [0.25, 0.3) is 0 Å². The third kappa shape index (κ3) is 4.49. The summed E-state index contributed by atoms with van der Waals surface area (Å²) < 4.78 is 9.23. The van der Waals surface area contributed by atoms with Crippen molar-refractivity contribution in [3.8, 4) is 0 Å². The number of rotatable bonds is 4. The van der Waals surface area contributed by atoms with Crippen LogP contribution in [0.1, 0.15) is 20.3 Å². The summed E-state index contributed by atoms with van der Waals surface area (Å²) in [6, 6.07) is 0. The highest BCUT2D eigenvalue weighted by atomic mass is 16.7. The lowest BCUT2D eigenvalue weighted by Crippen LogP contribution is -2.20. The maximum absolute atomic E-state index is 10.7. The Bertz CT molecular complexity index is 185. The Morgan fingerprint density at radius 3 is 2.42 bits per heavy atom. The van der Waals surface area contributed by atoms with E-state index in [4.69, 9.17) is 0 Å². The molecule has 0 N–H and O–H groups in total. The molecule has 1 atom stereocenters. The van der Waals surface area contributed by atoms with Gasteiger partial charge in [0.15, 0.2) is 0 Å². The lowest BCUT2D eigenvalue weighted by Gasteiger charge is -2.12. The first-order valence-corrected chi connectivity index (χ1v) is 3.59. The maximum atomic E-state index is 10.7. The van der Waals surface area contributed by atoms with Crippen molar-refractivity contribution < 1.29 is 19.1 Å². The molecular formula is C8H12O4. The molecule has 0 bridgehead atoms. The third-order valence-corrected chi connectivity index (χ3v) is 1.01. The van der Waals surface area contributed by atoms with Crippen molar-refractivity contribution in [3.05, 3.63) is 12.7 Å². The van der Waals surface area contributed by atoms with Crippen LogP contribution in [0.3, 0.4) is 0 Å². The first-order valence-electron chi connectivity index (χ1n) is 3.59. The van der Waals surface area contributed by atoms with Crippen LogP contribution >= 0.6 is 0 Å². The molecule has 0 aromatic rings. The number of carbonyl (C=O) groups is 2. The van der Waals surface area contributed by atoms with Gasteiger partial charge in [0.25, 0.3) is 6.29 Å². The largest absolute Gasteiger partial charge is 0.421 e. The summed E-state index contributed by atoms with van der Waals surface area (Å²) >= 11 is 0. The Balaban J connectivity index is 3.90. The van der Waals surface area contributed by atoms with Crippen LogP contribution in [-0.2, 0) is 19.1 Å². The monoisotopic (exact) mass is 172 g/mol. The topological polar surface area (TPSA) is 52.6 Å². The Morgan fingerprint density at radius 2 is 2.08 bits per heavy atom. The highest BCUT2D eigenvalue weighted by molar-refractivity contribution is 5.70. The van der Waals surface area contributed by atoms with E-state index in [1.807, 2.05) is 0 Å². The first kappa shape index (κ1) is 10.7. The van der Waals surface area contributed by atoms with Crippen molar-refractivity contribution in [1.82, 2.24) is 0 Å². The Labute approximate surface area is 71.2 Å². The van der Waals surface area contributed by atoms with Gasteiger partial charge in [0.05, 0.1) is 0 Å². The molecule has 0 saturated heterocycles. The highest BCUT2D eigenvalue weighted by Crippen LogP contribution is 1.98. The van der Waals surface area contributed by atoms with E-state index in [1.165, 1.54) is 13.0 Å². The fourth-order valence-corrected chi connectivity index (χ4v) is 0.497. The summed E-state index contributed by atoms with van der Waals surface area (Å²) in [5, 5.41) is 0. The van der Waals surface area contributed by atoms with Gasteiger partial charge in [-0.25, -0.2) is 0 Å². The minimum Gasteiger partial charge on any atom is -0.421 e. The minimum absolute atomic E-state index is 0.242. The van der Waals surface area contributed by atoms with E-state index in [9.17, 15) is 9.59 Å². The molecule has 12 heavy (non-hydrogen) atoms. The molecule has 0 amide bonds. The summed E-state index contributed by atoms with van der Waals surface area (Å²) in [6.45, 7) is 6.23. The van der Waals surface area contributed by atoms with E-state index in [2.05, 4.69) is 16.1 Å². The van der Waals surface area contributed by atoms with Crippen LogP contribution in [-0.4, -0.2) is 18.2 Å². The van der Waals surface area contributed by atoms with Crippen LogP contribution in [0.2, 0.25) is 0 Å². The van der Waals surface area contributed by atoms with E-state index >= 15 is 0 Å². The molecule has 0 aromatic carbocycles. The van der Waals surface area contributed by atoms with Gasteiger partial charge in [-0.15, -0.1) is 0 Å². The lowest BCUT2D eigenvalue weighted by molar-refractivity contribution is -0.177. The first-order chi connectivity index (χ1) is 5.60. The van der Waals surface area contributed by atoms with E-state index in [0.29, 0.717) is 0 Å². The molecule has 0 aliphatic rings. The average Bonchev–Trinajstić information content (AvgIpc) is 2.02. The summed E-state index contributed by atoms with van der Waals surface area (Å²) in [5.74, 6) is -0.940. The lowest BCUT2D eigenvalue weighted by atomic mass is 10.5. The second-order valence-corrected chi connectivity index (χ2v) is 2.06. The molecule has 0 rings (SSSR count). The zero-order valence-electron chi connectivity index (χ0n) is 7.20. The van der Waals surface area contributed by atoms with Gasteiger partial charge in [0, 0.05) is 13.3 Å². The number of carbonyl (C=O) groups excluding carboxylic acids is 2. The Hall–Kier alpha value is -1.32. The van der Waals surface area contributed by atoms with E-state index < -0.39 is 18.2 Å². The normalized spacial score (nSPS) is 11.5. The predicted molar refractivity (Wildman–Crippen MR) is 42.1 cm³/mol. The fraction of sp³-hybridized carbons (Fsp3) is 0.500. The fourth-order valence-electron chi connectivity index (χ4n) is 0.497. The number of hydrogen-bond acceptors (Lipinski definition) is 4. The second kappa shape index (κ2) is 5.35. The molecule has 0 aliphatic carbocycles. The van der Waals surface area contributed by atoms with Crippen LogP contribution in [0.4, 0.5) is 0 Å². The molecule has 0 fully saturated rings. The van der Waals surface area contributed by atoms with Crippen molar-refractivity contribution in [2.75, 3.05) is 0 Å². The summed E-state index contributed by atoms with van der Waals surface area (Å²) in [7, 11) is 0. The Morgan fingerprint density at radius 1 is 1.50 bits per heavy atom. The Kier molecular flexibility index (Phi) is 4.76. The number of hydrogen-bond donors (Lipinski definition) is 0. The molecule has 4 heteroatoms. The van der Waals surface area contributed by atoms with Crippen molar-refractivity contribution in [2.24, 2.45) is 0 Å². The molecule has 0 heterocycles. The standard InChI is InChI=1S/C8H12O4/c1-4-7(10)12-8(5-2)11-6(3)9/h5,8H,2,4H2,1,3H3. The van der Waals surface area contributed by atoms with Crippen LogP contribution < -0.4 is 0 Å². The smallest absolute Gasteiger partial charge is 0.308 e. The quantitative estimate of drug-likeness (QED) is 0.361. The molecular weight excluding hydrogens is 160 g/mol. The molecule has 68 valence electrons. The zero-order chi connectivity index (χ0) is 9.56. The van der Waals surface area contributed by atoms with Crippen molar-refractivity contribution in [1.29, 1.82) is 0 Å². The highest BCUT2D eigenvalue weighted by Gasteiger charge is 2.11. The van der Waals surface area contributed by atoms with Gasteiger partial charge in [-0.1, -0.05) is 13.5 Å². The average molecular weight is 172 g/mol. The van der Waals surface area contributed by atoms with E-state index in [-0.39, 0.29) is 6.42 Å². The van der Waals surface area contributed by atoms with E-state index in [1.54, 1.807) is 6.92 Å². The van der Waals surface area contributed by atoms with Gasteiger partial charge in [0.2, 0.25) is 0 Å². The maximum Gasteiger partial charge on any atom is 0.308 e. The molecule has 0 aliphatic heterocycles. The molecule has 0 aromatic heterocycles. The van der Waals surface area contributed by atoms with Gasteiger partial charge in [-0.2, -0.15) is 0 Å². The van der Waals surface area contributed by atoms with Gasteiger partial charge in [0.1, 0.15) is 0 Å². The number of ether oxygens (including phenoxy) is 2. The van der Waals surface area contributed by atoms with Gasteiger partial charge >= 0.3 is 11.9 Å². The second-order valence-electron chi connectivity index (χ2n) is 2.06. The van der Waals surface area contributed by atoms with Crippen molar-refractivity contribution in [2.45, 2.75) is 26.6 Å². The van der Waals surface area contributed by atoms with Crippen LogP contribution in [0, 0.1) is 0 Å². The van der Waals surface area contributed by atoms with Crippen molar-refractivity contribution in [3.63, 3.8) is 0 Å². The minimum atomic E-state index is -0.963. The molecule has 1 unspecified atom stereocenters.